The van der Waals surface area contributed by atoms with Gasteiger partial charge in [0.25, 0.3) is 0 Å². The molecule has 0 bridgehead atoms. The summed E-state index contributed by atoms with van der Waals surface area (Å²) in [6.45, 7) is 1.66. The first kappa shape index (κ1) is 13.6. The Labute approximate surface area is 116 Å². The number of hydrogen-bond acceptors (Lipinski definition) is 4. The number of ether oxygens (including phenoxy) is 1. The Kier molecular flexibility index (Phi) is 3.71. The fourth-order valence-electron chi connectivity index (χ4n) is 2.05. The second-order valence-corrected chi connectivity index (χ2v) is 4.30. The maximum absolute atomic E-state index is 11.5. The SMILES string of the molecule is COC(=O)c1cccc(C2NC(=O)NC(C)=C2C#N)c1. The zero-order chi connectivity index (χ0) is 14.7. The highest BCUT2D eigenvalue weighted by atomic mass is 16.5. The molecule has 1 atom stereocenters. The molecule has 6 heteroatoms. The van der Waals surface area contributed by atoms with E-state index in [-0.39, 0.29) is 6.03 Å². The molecule has 0 saturated heterocycles. The predicted molar refractivity (Wildman–Crippen MR) is 70.5 cm³/mol. The van der Waals surface area contributed by atoms with E-state index in [0.29, 0.717) is 22.4 Å². The average Bonchev–Trinajstić information content (AvgIpc) is 2.45. The average molecular weight is 271 g/mol. The summed E-state index contributed by atoms with van der Waals surface area (Å²) < 4.78 is 4.66. The zero-order valence-corrected chi connectivity index (χ0v) is 11.1. The lowest BCUT2D eigenvalue weighted by Gasteiger charge is -2.25. The predicted octanol–water partition coefficient (Wildman–Crippen LogP) is 1.62. The molecule has 6 nitrogen and oxygen atoms in total. The number of amides is 2. The summed E-state index contributed by atoms with van der Waals surface area (Å²) in [5.41, 5.74) is 1.93. The van der Waals surface area contributed by atoms with E-state index < -0.39 is 12.0 Å². The Morgan fingerprint density at radius 1 is 1.45 bits per heavy atom. The van der Waals surface area contributed by atoms with Crippen molar-refractivity contribution in [2.45, 2.75) is 13.0 Å². The van der Waals surface area contributed by atoms with Gasteiger partial charge in [-0.05, 0) is 24.6 Å². The summed E-state index contributed by atoms with van der Waals surface area (Å²) in [6, 6.07) is 7.76. The van der Waals surface area contributed by atoms with Gasteiger partial charge in [0, 0.05) is 5.70 Å². The molecule has 1 aliphatic heterocycles. The van der Waals surface area contributed by atoms with Crippen LogP contribution in [0.25, 0.3) is 0 Å². The summed E-state index contributed by atoms with van der Waals surface area (Å²) in [5.74, 6) is -0.466. The molecular formula is C14H13N3O3. The van der Waals surface area contributed by atoms with E-state index in [1.165, 1.54) is 7.11 Å². The van der Waals surface area contributed by atoms with Gasteiger partial charge < -0.3 is 15.4 Å². The summed E-state index contributed by atoms with van der Waals surface area (Å²) in [4.78, 5) is 23.1. The first-order valence-corrected chi connectivity index (χ1v) is 5.93. The monoisotopic (exact) mass is 271 g/mol. The highest BCUT2D eigenvalue weighted by Crippen LogP contribution is 2.26. The molecule has 2 amide bonds. The van der Waals surface area contributed by atoms with Crippen molar-refractivity contribution in [3.05, 3.63) is 46.7 Å². The molecule has 102 valence electrons. The number of esters is 1. The van der Waals surface area contributed by atoms with Crippen LogP contribution in [-0.2, 0) is 4.74 Å². The minimum Gasteiger partial charge on any atom is -0.465 e. The van der Waals surface area contributed by atoms with Crippen LogP contribution >= 0.6 is 0 Å². The number of methoxy groups -OCH3 is 1. The molecule has 1 aromatic carbocycles. The van der Waals surface area contributed by atoms with Gasteiger partial charge >= 0.3 is 12.0 Å². The van der Waals surface area contributed by atoms with Gasteiger partial charge in [-0.25, -0.2) is 9.59 Å². The van der Waals surface area contributed by atoms with Crippen molar-refractivity contribution in [2.75, 3.05) is 7.11 Å². The number of hydrogen-bond donors (Lipinski definition) is 2. The lowest BCUT2D eigenvalue weighted by atomic mass is 9.95. The lowest BCUT2D eigenvalue weighted by Crippen LogP contribution is -2.43. The largest absolute Gasteiger partial charge is 0.465 e. The summed E-state index contributed by atoms with van der Waals surface area (Å²) in [6.07, 6.45) is 0. The molecule has 0 saturated carbocycles. The van der Waals surface area contributed by atoms with Crippen molar-refractivity contribution >= 4 is 12.0 Å². The second kappa shape index (κ2) is 5.45. The van der Waals surface area contributed by atoms with Crippen LogP contribution in [0.2, 0.25) is 0 Å². The molecule has 1 heterocycles. The Bertz CT molecular complexity index is 643. The number of nitrogens with zero attached hydrogens (tertiary/aromatic N) is 1. The van der Waals surface area contributed by atoms with Crippen LogP contribution in [0.15, 0.2) is 35.5 Å². The summed E-state index contributed by atoms with van der Waals surface area (Å²) >= 11 is 0. The highest BCUT2D eigenvalue weighted by molar-refractivity contribution is 5.89. The van der Waals surface area contributed by atoms with E-state index in [1.807, 2.05) is 0 Å². The maximum Gasteiger partial charge on any atom is 0.337 e. The van der Waals surface area contributed by atoms with Crippen LogP contribution in [-0.4, -0.2) is 19.1 Å². The third kappa shape index (κ3) is 2.47. The van der Waals surface area contributed by atoms with Crippen LogP contribution in [0, 0.1) is 11.3 Å². The Balaban J connectivity index is 2.45. The molecule has 1 unspecified atom stereocenters. The fraction of sp³-hybridized carbons (Fsp3) is 0.214. The molecular weight excluding hydrogens is 258 g/mol. The van der Waals surface area contributed by atoms with Crippen molar-refractivity contribution < 1.29 is 14.3 Å². The van der Waals surface area contributed by atoms with Crippen molar-refractivity contribution in [1.29, 1.82) is 5.26 Å². The molecule has 0 aromatic heterocycles. The van der Waals surface area contributed by atoms with E-state index in [2.05, 4.69) is 21.4 Å². The number of rotatable bonds is 2. The van der Waals surface area contributed by atoms with E-state index >= 15 is 0 Å². The molecule has 1 aromatic rings. The van der Waals surface area contributed by atoms with Gasteiger partial charge in [0.2, 0.25) is 0 Å². The van der Waals surface area contributed by atoms with E-state index in [4.69, 9.17) is 0 Å². The number of carbonyl (C=O) groups excluding carboxylic acids is 2. The Morgan fingerprint density at radius 3 is 2.85 bits per heavy atom. The molecule has 0 fully saturated rings. The topological polar surface area (TPSA) is 91.2 Å². The van der Waals surface area contributed by atoms with Crippen molar-refractivity contribution in [3.8, 4) is 6.07 Å². The normalized spacial score (nSPS) is 17.9. The minimum absolute atomic E-state index is 0.368. The lowest BCUT2D eigenvalue weighted by molar-refractivity contribution is 0.0600. The number of allylic oxidation sites excluding steroid dienone is 1. The summed E-state index contributed by atoms with van der Waals surface area (Å²) in [7, 11) is 1.30. The van der Waals surface area contributed by atoms with Crippen LogP contribution in [0.5, 0.6) is 0 Å². The second-order valence-electron chi connectivity index (χ2n) is 4.30. The first-order valence-electron chi connectivity index (χ1n) is 5.93. The van der Waals surface area contributed by atoms with E-state index in [0.717, 1.165) is 0 Å². The number of benzene rings is 1. The van der Waals surface area contributed by atoms with E-state index in [9.17, 15) is 14.9 Å². The minimum atomic E-state index is -0.571. The Hall–Kier alpha value is -2.81. The number of carbonyl (C=O) groups is 2. The van der Waals surface area contributed by atoms with Gasteiger partial charge in [0.05, 0.1) is 30.4 Å². The van der Waals surface area contributed by atoms with Gasteiger partial charge in [-0.3, -0.25) is 0 Å². The van der Waals surface area contributed by atoms with Gasteiger partial charge in [-0.1, -0.05) is 12.1 Å². The van der Waals surface area contributed by atoms with Crippen LogP contribution < -0.4 is 10.6 Å². The van der Waals surface area contributed by atoms with Crippen molar-refractivity contribution in [3.63, 3.8) is 0 Å². The number of nitrogens with one attached hydrogen (secondary N) is 2. The molecule has 0 aliphatic carbocycles. The fourth-order valence-corrected chi connectivity index (χ4v) is 2.05. The van der Waals surface area contributed by atoms with Crippen LogP contribution in [0.1, 0.15) is 28.9 Å². The molecule has 0 radical (unpaired) electrons. The standard InChI is InChI=1S/C14H13N3O3/c1-8-11(7-15)12(17-14(19)16-8)9-4-3-5-10(6-9)13(18)20-2/h3-6,12H,1-2H3,(H2,16,17,19). The van der Waals surface area contributed by atoms with Crippen LogP contribution in [0.3, 0.4) is 0 Å². The quantitative estimate of drug-likeness (QED) is 0.800. The van der Waals surface area contributed by atoms with Crippen molar-refractivity contribution in [1.82, 2.24) is 10.6 Å². The smallest absolute Gasteiger partial charge is 0.337 e. The molecule has 2 N–H and O–H groups in total. The highest BCUT2D eigenvalue weighted by Gasteiger charge is 2.26. The first-order chi connectivity index (χ1) is 9.56. The van der Waals surface area contributed by atoms with Crippen molar-refractivity contribution in [2.24, 2.45) is 0 Å². The Morgan fingerprint density at radius 2 is 2.20 bits per heavy atom. The molecule has 0 spiro atoms. The van der Waals surface area contributed by atoms with Gasteiger partial charge in [-0.2, -0.15) is 5.26 Å². The third-order valence-electron chi connectivity index (χ3n) is 3.03. The van der Waals surface area contributed by atoms with Gasteiger partial charge in [0.15, 0.2) is 0 Å². The number of urea groups is 1. The number of nitriles is 1. The molecule has 2 rings (SSSR count). The van der Waals surface area contributed by atoms with Crippen LogP contribution in [0.4, 0.5) is 4.79 Å². The third-order valence-corrected chi connectivity index (χ3v) is 3.03. The van der Waals surface area contributed by atoms with E-state index in [1.54, 1.807) is 31.2 Å². The zero-order valence-electron chi connectivity index (χ0n) is 11.1. The molecule has 1 aliphatic rings. The van der Waals surface area contributed by atoms with Gasteiger partial charge in [-0.15, -0.1) is 0 Å². The maximum atomic E-state index is 11.5. The van der Waals surface area contributed by atoms with Gasteiger partial charge in [0.1, 0.15) is 0 Å². The summed E-state index contributed by atoms with van der Waals surface area (Å²) in [5, 5.41) is 14.4. The molecule has 20 heavy (non-hydrogen) atoms.